The van der Waals surface area contributed by atoms with Gasteiger partial charge in [-0.15, -0.1) is 0 Å². The van der Waals surface area contributed by atoms with Gasteiger partial charge in [-0.1, -0.05) is 18.2 Å². The van der Waals surface area contributed by atoms with Gasteiger partial charge in [0.15, 0.2) is 0 Å². The Morgan fingerprint density at radius 1 is 1.39 bits per heavy atom. The molecule has 0 unspecified atom stereocenters. The predicted molar refractivity (Wildman–Crippen MR) is 70.0 cm³/mol. The molecule has 0 saturated heterocycles. The van der Waals surface area contributed by atoms with Crippen LogP contribution in [0.15, 0.2) is 30.3 Å². The fourth-order valence-corrected chi connectivity index (χ4v) is 1.80. The lowest BCUT2D eigenvalue weighted by Gasteiger charge is -2.23. The van der Waals surface area contributed by atoms with Crippen LogP contribution in [0.25, 0.3) is 0 Å². The number of nitriles is 1. The summed E-state index contributed by atoms with van der Waals surface area (Å²) in [5.74, 6) is 0.0410. The zero-order valence-electron chi connectivity index (χ0n) is 10.3. The summed E-state index contributed by atoms with van der Waals surface area (Å²) in [7, 11) is 0. The quantitative estimate of drug-likeness (QED) is 0.827. The van der Waals surface area contributed by atoms with E-state index in [1.54, 1.807) is 0 Å². The van der Waals surface area contributed by atoms with Gasteiger partial charge in [0.25, 0.3) is 0 Å². The van der Waals surface area contributed by atoms with Gasteiger partial charge in [-0.05, 0) is 25.0 Å². The topological polar surface area (TPSA) is 56.1 Å². The van der Waals surface area contributed by atoms with Gasteiger partial charge in [0, 0.05) is 18.3 Å². The number of nitrogens with zero attached hydrogens (tertiary/aromatic N) is 2. The Morgan fingerprint density at radius 2 is 2.11 bits per heavy atom. The average molecular weight is 243 g/mol. The van der Waals surface area contributed by atoms with Crippen molar-refractivity contribution in [1.29, 1.82) is 5.26 Å². The van der Waals surface area contributed by atoms with Gasteiger partial charge in [-0.2, -0.15) is 5.26 Å². The van der Waals surface area contributed by atoms with Crippen molar-refractivity contribution in [2.24, 2.45) is 0 Å². The van der Waals surface area contributed by atoms with E-state index < -0.39 is 0 Å². The van der Waals surface area contributed by atoms with Crippen LogP contribution in [0.2, 0.25) is 0 Å². The zero-order chi connectivity index (χ0) is 12.8. The summed E-state index contributed by atoms with van der Waals surface area (Å²) in [4.78, 5) is 13.8. The molecule has 4 nitrogen and oxygen atoms in total. The highest BCUT2D eigenvalue weighted by atomic mass is 16.2. The molecule has 1 aromatic rings. The van der Waals surface area contributed by atoms with Gasteiger partial charge in [0.1, 0.15) is 0 Å². The third kappa shape index (κ3) is 3.77. The first kappa shape index (κ1) is 12.4. The first-order chi connectivity index (χ1) is 8.79. The maximum absolute atomic E-state index is 11.8. The summed E-state index contributed by atoms with van der Waals surface area (Å²) in [6.07, 6.45) is 2.61. The summed E-state index contributed by atoms with van der Waals surface area (Å²) < 4.78 is 0. The molecule has 2 rings (SSSR count). The van der Waals surface area contributed by atoms with E-state index in [0.29, 0.717) is 25.6 Å². The first-order valence-electron chi connectivity index (χ1n) is 6.26. The van der Waals surface area contributed by atoms with Gasteiger partial charge in [-0.25, -0.2) is 0 Å². The van der Waals surface area contributed by atoms with E-state index in [0.717, 1.165) is 18.5 Å². The normalized spacial score (nSPS) is 13.7. The fraction of sp³-hybridized carbons (Fsp3) is 0.429. The van der Waals surface area contributed by atoms with Crippen LogP contribution in [0, 0.1) is 11.3 Å². The van der Waals surface area contributed by atoms with E-state index in [2.05, 4.69) is 11.4 Å². The van der Waals surface area contributed by atoms with Crippen LogP contribution in [0.1, 0.15) is 19.3 Å². The van der Waals surface area contributed by atoms with Gasteiger partial charge < -0.3 is 10.2 Å². The number of nitrogens with one attached hydrogen (secondary N) is 1. The van der Waals surface area contributed by atoms with Gasteiger partial charge in [0.05, 0.1) is 19.0 Å². The Hall–Kier alpha value is -2.02. The molecule has 1 saturated carbocycles. The highest BCUT2D eigenvalue weighted by Gasteiger charge is 2.24. The lowest BCUT2D eigenvalue weighted by atomic mass is 10.2. The smallest absolute Gasteiger partial charge is 0.239 e. The number of benzene rings is 1. The molecule has 0 radical (unpaired) electrons. The van der Waals surface area contributed by atoms with E-state index in [1.807, 2.05) is 35.2 Å². The van der Waals surface area contributed by atoms with Gasteiger partial charge >= 0.3 is 0 Å². The number of hydrogen-bond donors (Lipinski definition) is 1. The molecule has 0 spiro atoms. The third-order valence-corrected chi connectivity index (χ3v) is 2.89. The number of carbonyl (C=O) groups excluding carboxylic acids is 1. The molecule has 1 N–H and O–H groups in total. The largest absolute Gasteiger partial charge is 0.361 e. The van der Waals surface area contributed by atoms with Crippen LogP contribution < -0.4 is 10.2 Å². The summed E-state index contributed by atoms with van der Waals surface area (Å²) >= 11 is 0. The summed E-state index contributed by atoms with van der Waals surface area (Å²) in [5.41, 5.74) is 0.985. The van der Waals surface area contributed by atoms with Crippen molar-refractivity contribution in [1.82, 2.24) is 5.32 Å². The minimum absolute atomic E-state index is 0.0410. The van der Waals surface area contributed by atoms with Crippen LogP contribution >= 0.6 is 0 Å². The van der Waals surface area contributed by atoms with Crippen LogP contribution in [0.4, 0.5) is 5.69 Å². The molecule has 0 atom stereocenters. The molecule has 4 heteroatoms. The first-order valence-corrected chi connectivity index (χ1v) is 6.26. The molecular formula is C14H17N3O. The third-order valence-electron chi connectivity index (χ3n) is 2.89. The number of carbonyl (C=O) groups is 1. The van der Waals surface area contributed by atoms with Crippen molar-refractivity contribution in [3.8, 4) is 6.07 Å². The molecule has 0 heterocycles. The van der Waals surface area contributed by atoms with Crippen LogP contribution in [0.3, 0.4) is 0 Å². The van der Waals surface area contributed by atoms with E-state index in [1.165, 1.54) is 0 Å². The highest BCUT2D eigenvalue weighted by Crippen LogP contribution is 2.19. The van der Waals surface area contributed by atoms with Crippen molar-refractivity contribution in [2.45, 2.75) is 25.3 Å². The van der Waals surface area contributed by atoms with Crippen LogP contribution in [-0.2, 0) is 4.79 Å². The summed E-state index contributed by atoms with van der Waals surface area (Å²) in [5, 5.41) is 11.6. The maximum atomic E-state index is 11.8. The van der Waals surface area contributed by atoms with Crippen molar-refractivity contribution >= 4 is 11.6 Å². The molecule has 1 fully saturated rings. The number of hydrogen-bond acceptors (Lipinski definition) is 3. The molecule has 94 valence electrons. The number of rotatable bonds is 6. The minimum atomic E-state index is 0.0410. The second-order valence-corrected chi connectivity index (χ2v) is 4.51. The zero-order valence-corrected chi connectivity index (χ0v) is 10.3. The molecule has 0 aliphatic heterocycles. The van der Waals surface area contributed by atoms with E-state index >= 15 is 0 Å². The monoisotopic (exact) mass is 243 g/mol. The van der Waals surface area contributed by atoms with Crippen LogP contribution in [0.5, 0.6) is 0 Å². The van der Waals surface area contributed by atoms with Crippen LogP contribution in [-0.4, -0.2) is 25.0 Å². The highest BCUT2D eigenvalue weighted by molar-refractivity contribution is 5.81. The second kappa shape index (κ2) is 6.06. The molecule has 1 aromatic carbocycles. The Bertz CT molecular complexity index is 434. The number of para-hydroxylation sites is 1. The Kier molecular flexibility index (Phi) is 4.19. The SMILES string of the molecule is N#CCCN(CC(=O)NC1CC1)c1ccccc1. The molecule has 1 amide bonds. The summed E-state index contributed by atoms with van der Waals surface area (Å²) in [6, 6.07) is 12.2. The number of amides is 1. The van der Waals surface area contributed by atoms with E-state index in [-0.39, 0.29) is 5.91 Å². The standard InChI is InChI=1S/C14H17N3O/c15-9-4-10-17(13-5-2-1-3-6-13)11-14(18)16-12-7-8-12/h1-3,5-6,12H,4,7-8,10-11H2,(H,16,18). The molecule has 1 aliphatic rings. The van der Waals surface area contributed by atoms with Gasteiger partial charge in [0.2, 0.25) is 5.91 Å². The minimum Gasteiger partial charge on any atom is -0.361 e. The fourth-order valence-electron chi connectivity index (χ4n) is 1.80. The lowest BCUT2D eigenvalue weighted by molar-refractivity contribution is -0.119. The van der Waals surface area contributed by atoms with Gasteiger partial charge in [-0.3, -0.25) is 4.79 Å². The Labute approximate surface area is 107 Å². The lowest BCUT2D eigenvalue weighted by Crippen LogP contribution is -2.38. The maximum Gasteiger partial charge on any atom is 0.239 e. The molecular weight excluding hydrogens is 226 g/mol. The molecule has 0 bridgehead atoms. The molecule has 1 aliphatic carbocycles. The molecule has 0 aromatic heterocycles. The average Bonchev–Trinajstić information content (AvgIpc) is 3.19. The summed E-state index contributed by atoms with van der Waals surface area (Å²) in [6.45, 7) is 0.904. The van der Waals surface area contributed by atoms with Crippen molar-refractivity contribution in [3.63, 3.8) is 0 Å². The van der Waals surface area contributed by atoms with E-state index in [9.17, 15) is 4.79 Å². The van der Waals surface area contributed by atoms with E-state index in [4.69, 9.17) is 5.26 Å². The van der Waals surface area contributed by atoms with Crippen molar-refractivity contribution < 1.29 is 4.79 Å². The molecule has 18 heavy (non-hydrogen) atoms. The Balaban J connectivity index is 1.95. The van der Waals surface area contributed by atoms with Crippen molar-refractivity contribution in [2.75, 3.05) is 18.0 Å². The number of anilines is 1. The van der Waals surface area contributed by atoms with Crippen molar-refractivity contribution in [3.05, 3.63) is 30.3 Å². The predicted octanol–water partition coefficient (Wildman–Crippen LogP) is 1.69. The second-order valence-electron chi connectivity index (χ2n) is 4.51. The Morgan fingerprint density at radius 3 is 2.72 bits per heavy atom.